The van der Waals surface area contributed by atoms with Crippen LogP contribution in [0.3, 0.4) is 0 Å². The van der Waals surface area contributed by atoms with Gasteiger partial charge in [0.05, 0.1) is 31.1 Å². The summed E-state index contributed by atoms with van der Waals surface area (Å²) >= 11 is 0. The molecule has 3 rings (SSSR count). The molecule has 3 atom stereocenters. The predicted octanol–water partition coefficient (Wildman–Crippen LogP) is -0.139. The van der Waals surface area contributed by atoms with E-state index in [9.17, 15) is 19.3 Å². The predicted molar refractivity (Wildman–Crippen MR) is 104 cm³/mol. The third-order valence-electron chi connectivity index (χ3n) is 4.40. The van der Waals surface area contributed by atoms with E-state index in [2.05, 4.69) is 20.3 Å². The molecule has 1 aliphatic rings. The highest BCUT2D eigenvalue weighted by molar-refractivity contribution is 7.23. The first kappa shape index (κ1) is 20.8. The number of hydrogen-bond acceptors (Lipinski definition) is 8. The number of aromatic nitrogens is 4. The molecule has 3 unspecified atom stereocenters. The number of anilines is 1. The van der Waals surface area contributed by atoms with Crippen LogP contribution in [0.2, 0.25) is 0 Å². The maximum atomic E-state index is 12.2. The second kappa shape index (κ2) is 9.55. The lowest BCUT2D eigenvalue weighted by molar-refractivity contribution is -0.120. The van der Waals surface area contributed by atoms with Crippen LogP contribution in [0.5, 0.6) is 0 Å². The van der Waals surface area contributed by atoms with Gasteiger partial charge in [-0.2, -0.15) is 4.98 Å². The summed E-state index contributed by atoms with van der Waals surface area (Å²) in [5.74, 6) is -0.133. The lowest BCUT2D eigenvalue weighted by Gasteiger charge is -2.15. The van der Waals surface area contributed by atoms with Crippen LogP contribution < -0.4 is 16.7 Å². The van der Waals surface area contributed by atoms with Crippen molar-refractivity contribution < 1.29 is 19.2 Å². The van der Waals surface area contributed by atoms with E-state index in [4.69, 9.17) is 10.5 Å². The van der Waals surface area contributed by atoms with Gasteiger partial charge in [-0.05, 0) is 0 Å². The standard InChI is InChI=1S/C17H21N6O5P/c18-16-10(2-1-3-20-14(25)4-11-6-19-9-21-11)7-23(17(26)22-16)15-5-12(24)13(28-15)8-29-27/h1-2,6-7,9,12-13,15,24H,3-5,8H2,(H,19,21)(H,20,25)(H2,18,22,26)/b2-1+. The summed E-state index contributed by atoms with van der Waals surface area (Å²) in [4.78, 5) is 34.5. The zero-order valence-electron chi connectivity index (χ0n) is 15.4. The number of ether oxygens (including phenoxy) is 1. The van der Waals surface area contributed by atoms with E-state index in [0.29, 0.717) is 11.3 Å². The Kier molecular flexibility index (Phi) is 6.86. The molecule has 0 saturated carbocycles. The van der Waals surface area contributed by atoms with Gasteiger partial charge in [0, 0.05) is 36.6 Å². The molecule has 2 aromatic heterocycles. The number of aliphatic hydroxyl groups is 1. The molecule has 12 heteroatoms. The second-order valence-corrected chi connectivity index (χ2v) is 7.10. The molecule has 29 heavy (non-hydrogen) atoms. The Hall–Kier alpha value is -2.88. The van der Waals surface area contributed by atoms with E-state index in [1.807, 2.05) is 0 Å². The highest BCUT2D eigenvalue weighted by atomic mass is 31.1. The highest BCUT2D eigenvalue weighted by Crippen LogP contribution is 2.29. The molecule has 2 aromatic rings. The average molecular weight is 420 g/mol. The molecule has 11 nitrogen and oxygen atoms in total. The van der Waals surface area contributed by atoms with Gasteiger partial charge in [0.15, 0.2) is 8.46 Å². The van der Waals surface area contributed by atoms with Gasteiger partial charge >= 0.3 is 5.69 Å². The maximum absolute atomic E-state index is 12.2. The number of aliphatic hydroxyl groups excluding tert-OH is 1. The number of hydrogen-bond donors (Lipinski definition) is 4. The quantitative estimate of drug-likeness (QED) is 0.428. The molecular weight excluding hydrogens is 399 g/mol. The number of carbonyl (C=O) groups is 1. The van der Waals surface area contributed by atoms with Crippen LogP contribution in [0.4, 0.5) is 5.82 Å². The summed E-state index contributed by atoms with van der Waals surface area (Å²) in [7, 11) is -0.142. The zero-order chi connectivity index (χ0) is 20.8. The number of aromatic amines is 1. The van der Waals surface area contributed by atoms with Crippen molar-refractivity contribution in [2.24, 2.45) is 0 Å². The second-order valence-electron chi connectivity index (χ2n) is 6.48. The Morgan fingerprint density at radius 2 is 2.38 bits per heavy atom. The minimum atomic E-state index is -0.824. The molecule has 0 radical (unpaired) electrons. The first-order valence-electron chi connectivity index (χ1n) is 8.89. The van der Waals surface area contributed by atoms with E-state index < -0.39 is 24.1 Å². The Balaban J connectivity index is 1.63. The van der Waals surface area contributed by atoms with Gasteiger partial charge < -0.3 is 25.9 Å². The van der Waals surface area contributed by atoms with Crippen LogP contribution in [-0.2, 0) is 20.5 Å². The fourth-order valence-corrected chi connectivity index (χ4v) is 3.41. The summed E-state index contributed by atoms with van der Waals surface area (Å²) in [6.45, 7) is 0.259. The van der Waals surface area contributed by atoms with Gasteiger partial charge in [-0.1, -0.05) is 12.2 Å². The minimum absolute atomic E-state index is 0.0412. The van der Waals surface area contributed by atoms with E-state index >= 15 is 0 Å². The largest absolute Gasteiger partial charge is 0.390 e. The number of imidazole rings is 1. The number of rotatable bonds is 8. The van der Waals surface area contributed by atoms with Gasteiger partial charge in [0.2, 0.25) is 5.91 Å². The number of nitrogens with zero attached hydrogens (tertiary/aromatic N) is 3. The SMILES string of the molecule is Nc1nc(=O)n(C2CC(O)C(CP=O)O2)cc1/C=C/CNC(=O)Cc1cnc[nH]1. The van der Waals surface area contributed by atoms with Crippen molar-refractivity contribution in [3.8, 4) is 0 Å². The maximum Gasteiger partial charge on any atom is 0.351 e. The average Bonchev–Trinajstić information content (AvgIpc) is 3.30. The van der Waals surface area contributed by atoms with Gasteiger partial charge in [0.1, 0.15) is 12.0 Å². The van der Waals surface area contributed by atoms with Crippen molar-refractivity contribution in [3.05, 3.63) is 46.5 Å². The third-order valence-corrected chi connectivity index (χ3v) is 4.91. The van der Waals surface area contributed by atoms with Gasteiger partial charge in [-0.3, -0.25) is 13.9 Å². The van der Waals surface area contributed by atoms with Crippen molar-refractivity contribution >= 4 is 26.3 Å². The van der Waals surface area contributed by atoms with Crippen molar-refractivity contribution in [3.63, 3.8) is 0 Å². The molecule has 0 aliphatic carbocycles. The summed E-state index contributed by atoms with van der Waals surface area (Å²) in [6.07, 6.45) is 6.22. The number of nitrogens with two attached hydrogens (primary N) is 1. The van der Waals surface area contributed by atoms with E-state index in [-0.39, 0.29) is 45.7 Å². The monoisotopic (exact) mass is 420 g/mol. The molecule has 0 spiro atoms. The Labute approximate surface area is 167 Å². The topological polar surface area (TPSA) is 165 Å². The normalized spacial score (nSPS) is 21.8. The van der Waals surface area contributed by atoms with Gasteiger partial charge in [0.25, 0.3) is 0 Å². The lowest BCUT2D eigenvalue weighted by Crippen LogP contribution is -2.28. The number of carbonyl (C=O) groups excluding carboxylic acids is 1. The minimum Gasteiger partial charge on any atom is -0.390 e. The summed E-state index contributed by atoms with van der Waals surface area (Å²) in [5, 5.41) is 12.7. The van der Waals surface area contributed by atoms with Gasteiger partial charge in [-0.25, -0.2) is 9.78 Å². The first-order valence-corrected chi connectivity index (χ1v) is 9.89. The molecule has 1 amide bonds. The van der Waals surface area contributed by atoms with Crippen LogP contribution in [0.15, 0.2) is 29.6 Å². The fraction of sp³-hybridized carbons (Fsp3) is 0.412. The Bertz CT molecular complexity index is 944. The van der Waals surface area contributed by atoms with Gasteiger partial charge in [-0.15, -0.1) is 0 Å². The summed E-state index contributed by atoms with van der Waals surface area (Å²) < 4.78 is 17.6. The van der Waals surface area contributed by atoms with Crippen molar-refractivity contribution in [2.75, 3.05) is 18.4 Å². The van der Waals surface area contributed by atoms with Crippen LogP contribution >= 0.6 is 8.46 Å². The summed E-state index contributed by atoms with van der Waals surface area (Å²) in [6, 6.07) is 0. The first-order chi connectivity index (χ1) is 14.0. The van der Waals surface area contributed by atoms with E-state index in [1.54, 1.807) is 18.3 Å². The van der Waals surface area contributed by atoms with Crippen LogP contribution in [-0.4, -0.2) is 55.4 Å². The Morgan fingerprint density at radius 3 is 3.10 bits per heavy atom. The molecule has 154 valence electrons. The third kappa shape index (κ3) is 5.35. The molecule has 0 aromatic carbocycles. The molecule has 3 heterocycles. The van der Waals surface area contributed by atoms with E-state index in [1.165, 1.54) is 17.1 Å². The van der Waals surface area contributed by atoms with Crippen LogP contribution in [0.1, 0.15) is 23.9 Å². The molecule has 0 bridgehead atoms. The number of amides is 1. The molecule has 1 fully saturated rings. The van der Waals surface area contributed by atoms with Crippen molar-refractivity contribution in [2.45, 2.75) is 31.3 Å². The number of nitrogen functional groups attached to an aromatic ring is 1. The van der Waals surface area contributed by atoms with Crippen LogP contribution in [0, 0.1) is 0 Å². The molecule has 5 N–H and O–H groups in total. The van der Waals surface area contributed by atoms with Crippen molar-refractivity contribution in [1.82, 2.24) is 24.8 Å². The van der Waals surface area contributed by atoms with E-state index in [0.717, 1.165) is 0 Å². The molecule has 1 saturated heterocycles. The smallest absolute Gasteiger partial charge is 0.351 e. The fourth-order valence-electron chi connectivity index (χ4n) is 2.93. The highest BCUT2D eigenvalue weighted by Gasteiger charge is 2.35. The summed E-state index contributed by atoms with van der Waals surface area (Å²) in [5.41, 5.74) is 6.39. The zero-order valence-corrected chi connectivity index (χ0v) is 16.3. The van der Waals surface area contributed by atoms with Crippen LogP contribution in [0.25, 0.3) is 6.08 Å². The number of H-pyrrole nitrogens is 1. The molecule has 1 aliphatic heterocycles. The van der Waals surface area contributed by atoms with Crippen molar-refractivity contribution in [1.29, 1.82) is 0 Å². The Morgan fingerprint density at radius 1 is 1.55 bits per heavy atom. The lowest BCUT2D eigenvalue weighted by atomic mass is 10.2. The molecular formula is C17H21N6O5P. The number of nitrogens with one attached hydrogen (secondary N) is 2.